The third-order valence-electron chi connectivity index (χ3n) is 3.21. The first-order chi connectivity index (χ1) is 10.8. The van der Waals surface area contributed by atoms with Crippen molar-refractivity contribution in [3.05, 3.63) is 30.3 Å². The first-order valence-electron chi connectivity index (χ1n) is 6.66. The van der Waals surface area contributed by atoms with Crippen LogP contribution >= 0.6 is 0 Å². The van der Waals surface area contributed by atoms with E-state index in [-0.39, 0.29) is 17.5 Å². The second-order valence-electron chi connectivity index (χ2n) is 4.98. The average Bonchev–Trinajstić information content (AvgIpc) is 3.19. The second kappa shape index (κ2) is 5.59. The lowest BCUT2D eigenvalue weighted by atomic mass is 10.3. The minimum Gasteiger partial charge on any atom is -0.338 e. The van der Waals surface area contributed by atoms with Gasteiger partial charge in [0.05, 0.1) is 18.3 Å². The van der Waals surface area contributed by atoms with Gasteiger partial charge in [0.1, 0.15) is 5.82 Å². The minimum atomic E-state index is -3.74. The van der Waals surface area contributed by atoms with Crippen molar-refractivity contribution in [1.29, 1.82) is 0 Å². The van der Waals surface area contributed by atoms with Crippen molar-refractivity contribution >= 4 is 10.0 Å². The van der Waals surface area contributed by atoms with E-state index in [1.54, 1.807) is 42.7 Å². The summed E-state index contributed by atoms with van der Waals surface area (Å²) in [6.45, 7) is 1.60. The number of nitrogens with zero attached hydrogens (tertiary/aromatic N) is 6. The van der Waals surface area contributed by atoms with Crippen LogP contribution in [0.15, 0.2) is 28.1 Å². The summed E-state index contributed by atoms with van der Waals surface area (Å²) in [5.74, 6) is 1.10. The molecule has 3 heterocycles. The Bertz CT molecular complexity index is 918. The van der Waals surface area contributed by atoms with E-state index in [1.165, 1.54) is 6.20 Å². The van der Waals surface area contributed by atoms with Crippen LogP contribution in [0, 0.1) is 6.92 Å². The molecule has 0 aromatic carbocycles. The molecular formula is C12H15N7O3S. The predicted molar refractivity (Wildman–Crippen MR) is 78.5 cm³/mol. The Kier molecular flexibility index (Phi) is 3.74. The van der Waals surface area contributed by atoms with E-state index >= 15 is 0 Å². The van der Waals surface area contributed by atoms with Gasteiger partial charge in [0.25, 0.3) is 10.0 Å². The SMILES string of the molecule is Cc1nc(S(=O)(=O)NCc2nc(-c3cnn(C)c3)no2)cn1C. The topological polar surface area (TPSA) is 121 Å². The van der Waals surface area contributed by atoms with Crippen molar-refractivity contribution in [1.82, 2.24) is 34.2 Å². The fourth-order valence-electron chi connectivity index (χ4n) is 1.87. The first kappa shape index (κ1) is 15.4. The molecule has 0 aliphatic carbocycles. The van der Waals surface area contributed by atoms with Crippen LogP contribution in [0.1, 0.15) is 11.7 Å². The van der Waals surface area contributed by atoms with E-state index in [0.717, 1.165) is 0 Å². The standard InChI is InChI=1S/C12H15N7O3S/c1-8-15-11(7-18(8)2)23(20,21)14-5-10-16-12(17-22-10)9-4-13-19(3)6-9/h4,6-7,14H,5H2,1-3H3. The Balaban J connectivity index is 1.72. The van der Waals surface area contributed by atoms with Crippen molar-refractivity contribution in [2.75, 3.05) is 0 Å². The van der Waals surface area contributed by atoms with Gasteiger partial charge in [-0.15, -0.1) is 0 Å². The highest BCUT2D eigenvalue weighted by Gasteiger charge is 2.20. The Morgan fingerprint density at radius 1 is 1.26 bits per heavy atom. The largest absolute Gasteiger partial charge is 0.338 e. The van der Waals surface area contributed by atoms with Gasteiger partial charge in [-0.2, -0.15) is 10.1 Å². The normalized spacial score (nSPS) is 12.0. The summed E-state index contributed by atoms with van der Waals surface area (Å²) in [6, 6.07) is 0. The van der Waals surface area contributed by atoms with Crippen molar-refractivity contribution in [2.24, 2.45) is 14.1 Å². The summed E-state index contributed by atoms with van der Waals surface area (Å²) in [6.07, 6.45) is 4.76. The quantitative estimate of drug-likeness (QED) is 0.695. The molecule has 10 nitrogen and oxygen atoms in total. The Morgan fingerprint density at radius 2 is 2.04 bits per heavy atom. The number of rotatable bonds is 5. The minimum absolute atomic E-state index is 0.0514. The van der Waals surface area contributed by atoms with Crippen molar-refractivity contribution in [3.63, 3.8) is 0 Å². The van der Waals surface area contributed by atoms with Crippen LogP contribution in [0.2, 0.25) is 0 Å². The summed E-state index contributed by atoms with van der Waals surface area (Å²) in [5.41, 5.74) is 0.686. The highest BCUT2D eigenvalue weighted by molar-refractivity contribution is 7.89. The molecule has 23 heavy (non-hydrogen) atoms. The molecule has 0 aliphatic rings. The Hall–Kier alpha value is -2.53. The highest BCUT2D eigenvalue weighted by atomic mass is 32.2. The number of sulfonamides is 1. The van der Waals surface area contributed by atoms with Gasteiger partial charge in [0, 0.05) is 26.5 Å². The van der Waals surface area contributed by atoms with E-state index in [2.05, 4.69) is 24.9 Å². The fourth-order valence-corrected chi connectivity index (χ4v) is 2.88. The zero-order chi connectivity index (χ0) is 16.6. The van der Waals surface area contributed by atoms with Gasteiger partial charge in [-0.1, -0.05) is 5.16 Å². The van der Waals surface area contributed by atoms with E-state index in [9.17, 15) is 8.42 Å². The number of hydrogen-bond donors (Lipinski definition) is 1. The van der Waals surface area contributed by atoms with Crippen LogP contribution in [0.3, 0.4) is 0 Å². The molecule has 3 aromatic heterocycles. The molecule has 0 fully saturated rings. The van der Waals surface area contributed by atoms with E-state index in [4.69, 9.17) is 4.52 Å². The lowest BCUT2D eigenvalue weighted by Gasteiger charge is -2.00. The molecule has 3 rings (SSSR count). The van der Waals surface area contributed by atoms with Gasteiger partial charge in [0.15, 0.2) is 5.03 Å². The molecule has 3 aromatic rings. The lowest BCUT2D eigenvalue weighted by Crippen LogP contribution is -2.23. The van der Waals surface area contributed by atoms with Gasteiger partial charge >= 0.3 is 0 Å². The molecule has 0 unspecified atom stereocenters. The van der Waals surface area contributed by atoms with Gasteiger partial charge < -0.3 is 9.09 Å². The molecule has 0 amide bonds. The van der Waals surface area contributed by atoms with E-state index in [0.29, 0.717) is 17.2 Å². The summed E-state index contributed by atoms with van der Waals surface area (Å²) in [5, 5.41) is 7.76. The van der Waals surface area contributed by atoms with E-state index in [1.807, 2.05) is 0 Å². The maximum absolute atomic E-state index is 12.2. The van der Waals surface area contributed by atoms with Gasteiger partial charge in [0.2, 0.25) is 11.7 Å². The van der Waals surface area contributed by atoms with Crippen molar-refractivity contribution in [3.8, 4) is 11.4 Å². The van der Waals surface area contributed by atoms with Crippen LogP contribution in [0.5, 0.6) is 0 Å². The molecule has 0 radical (unpaired) electrons. The molecule has 0 bridgehead atoms. The maximum Gasteiger partial charge on any atom is 0.260 e. The zero-order valence-electron chi connectivity index (χ0n) is 12.8. The number of imidazole rings is 1. The van der Waals surface area contributed by atoms with Gasteiger partial charge in [-0.05, 0) is 6.92 Å². The van der Waals surface area contributed by atoms with Gasteiger partial charge in [-0.3, -0.25) is 4.68 Å². The summed E-state index contributed by atoms with van der Waals surface area (Å²) in [7, 11) is -0.245. The Morgan fingerprint density at radius 3 is 2.65 bits per heavy atom. The molecule has 1 N–H and O–H groups in total. The number of aromatic nitrogens is 6. The fraction of sp³-hybridized carbons (Fsp3) is 0.333. The molecule has 0 spiro atoms. The highest BCUT2D eigenvalue weighted by Crippen LogP contribution is 2.14. The molecule has 0 atom stereocenters. The molecule has 0 saturated heterocycles. The number of nitrogens with one attached hydrogen (secondary N) is 1. The van der Waals surface area contributed by atoms with Crippen LogP contribution in [0.4, 0.5) is 0 Å². The smallest absolute Gasteiger partial charge is 0.260 e. The predicted octanol–water partition coefficient (Wildman–Crippen LogP) is -0.00948. The summed E-state index contributed by atoms with van der Waals surface area (Å²) < 4.78 is 35.0. The number of hydrogen-bond acceptors (Lipinski definition) is 7. The number of aryl methyl sites for hydroxylation is 3. The van der Waals surface area contributed by atoms with Crippen LogP contribution in [-0.4, -0.2) is 37.9 Å². The monoisotopic (exact) mass is 337 g/mol. The van der Waals surface area contributed by atoms with Crippen LogP contribution < -0.4 is 4.72 Å². The van der Waals surface area contributed by atoms with E-state index < -0.39 is 10.0 Å². The molecule has 122 valence electrons. The van der Waals surface area contributed by atoms with Crippen molar-refractivity contribution in [2.45, 2.75) is 18.5 Å². The van der Waals surface area contributed by atoms with Crippen molar-refractivity contribution < 1.29 is 12.9 Å². The zero-order valence-corrected chi connectivity index (χ0v) is 13.6. The molecule has 0 saturated carbocycles. The third kappa shape index (κ3) is 3.14. The lowest BCUT2D eigenvalue weighted by molar-refractivity contribution is 0.376. The summed E-state index contributed by atoms with van der Waals surface area (Å²) in [4.78, 5) is 8.11. The molecule has 0 aliphatic heterocycles. The summed E-state index contributed by atoms with van der Waals surface area (Å²) >= 11 is 0. The second-order valence-corrected chi connectivity index (χ2v) is 6.69. The Labute approximate surface area is 132 Å². The first-order valence-corrected chi connectivity index (χ1v) is 8.15. The maximum atomic E-state index is 12.2. The molecule has 11 heteroatoms. The third-order valence-corrected chi connectivity index (χ3v) is 4.48. The average molecular weight is 337 g/mol. The van der Waals surface area contributed by atoms with Crippen LogP contribution in [0.25, 0.3) is 11.4 Å². The van der Waals surface area contributed by atoms with Gasteiger partial charge in [-0.25, -0.2) is 18.1 Å². The molecular weight excluding hydrogens is 322 g/mol. The van der Waals surface area contributed by atoms with Crippen LogP contribution in [-0.2, 0) is 30.7 Å².